The fourth-order valence-electron chi connectivity index (χ4n) is 2.59. The number of hydrogen-bond donors (Lipinski definition) is 1. The highest BCUT2D eigenvalue weighted by Crippen LogP contribution is 2.26. The Bertz CT molecular complexity index is 559. The Labute approximate surface area is 112 Å². The van der Waals surface area contributed by atoms with Gasteiger partial charge in [-0.15, -0.1) is 11.3 Å². The molecule has 1 aliphatic heterocycles. The van der Waals surface area contributed by atoms with E-state index in [4.69, 9.17) is 5.73 Å². The highest BCUT2D eigenvalue weighted by Gasteiger charge is 2.18. The van der Waals surface area contributed by atoms with Crippen molar-refractivity contribution >= 4 is 17.0 Å². The van der Waals surface area contributed by atoms with Crippen LogP contribution in [0.1, 0.15) is 20.9 Å². The van der Waals surface area contributed by atoms with Gasteiger partial charge in [0.2, 0.25) is 0 Å². The van der Waals surface area contributed by atoms with Gasteiger partial charge in [0.1, 0.15) is 0 Å². The summed E-state index contributed by atoms with van der Waals surface area (Å²) in [5.74, 6) is 0. The van der Waals surface area contributed by atoms with Crippen LogP contribution in [0.15, 0.2) is 30.3 Å². The first-order valence-electron chi connectivity index (χ1n) is 6.36. The quantitative estimate of drug-likeness (QED) is 0.838. The van der Waals surface area contributed by atoms with Gasteiger partial charge in [-0.25, -0.2) is 0 Å². The highest BCUT2D eigenvalue weighted by atomic mass is 32.1. The molecule has 1 aromatic heterocycles. The maximum Gasteiger partial charge on any atom is 0.0362 e. The molecule has 0 unspecified atom stereocenters. The van der Waals surface area contributed by atoms with Gasteiger partial charge in [0, 0.05) is 35.1 Å². The minimum absolute atomic E-state index is 0.944. The van der Waals surface area contributed by atoms with Gasteiger partial charge in [0.15, 0.2) is 0 Å². The fourth-order valence-corrected chi connectivity index (χ4v) is 3.52. The smallest absolute Gasteiger partial charge is 0.0362 e. The van der Waals surface area contributed by atoms with Gasteiger partial charge in [0.25, 0.3) is 0 Å². The third kappa shape index (κ3) is 2.28. The number of nitrogen functional groups attached to an aromatic ring is 1. The van der Waals surface area contributed by atoms with E-state index in [1.807, 2.05) is 17.4 Å². The minimum atomic E-state index is 0.944. The molecule has 1 aromatic carbocycles. The Morgan fingerprint density at radius 3 is 2.94 bits per heavy atom. The molecule has 2 N–H and O–H groups in total. The Morgan fingerprint density at radius 2 is 2.17 bits per heavy atom. The van der Waals surface area contributed by atoms with Crippen LogP contribution in [0.2, 0.25) is 0 Å². The molecule has 0 aliphatic carbocycles. The molecule has 3 heteroatoms. The molecule has 2 heterocycles. The normalized spacial score (nSPS) is 15.6. The van der Waals surface area contributed by atoms with Crippen molar-refractivity contribution in [2.24, 2.45) is 0 Å². The van der Waals surface area contributed by atoms with Crippen molar-refractivity contribution in [1.29, 1.82) is 0 Å². The van der Waals surface area contributed by atoms with Gasteiger partial charge in [-0.1, -0.05) is 12.1 Å². The fraction of sp³-hybridized carbons (Fsp3) is 0.333. The van der Waals surface area contributed by atoms with Crippen molar-refractivity contribution < 1.29 is 0 Å². The summed E-state index contributed by atoms with van der Waals surface area (Å²) in [6.45, 7) is 5.33. The zero-order chi connectivity index (χ0) is 12.5. The molecule has 3 rings (SSSR count). The van der Waals surface area contributed by atoms with Crippen LogP contribution in [0.4, 0.5) is 5.69 Å². The van der Waals surface area contributed by atoms with Gasteiger partial charge in [-0.2, -0.15) is 0 Å². The first kappa shape index (κ1) is 11.8. The van der Waals surface area contributed by atoms with Crippen LogP contribution < -0.4 is 5.73 Å². The SMILES string of the molecule is Cc1ccc(CN2CCc3cccc(N)c3C2)s1. The van der Waals surface area contributed by atoms with Crippen LogP contribution in [-0.2, 0) is 19.5 Å². The Morgan fingerprint density at radius 1 is 1.28 bits per heavy atom. The predicted octanol–water partition coefficient (Wildman–Crippen LogP) is 3.20. The van der Waals surface area contributed by atoms with Crippen molar-refractivity contribution in [3.05, 3.63) is 51.2 Å². The molecule has 0 bridgehead atoms. The van der Waals surface area contributed by atoms with Crippen LogP contribution in [0, 0.1) is 6.92 Å². The lowest BCUT2D eigenvalue weighted by atomic mass is 9.98. The van der Waals surface area contributed by atoms with E-state index in [0.29, 0.717) is 0 Å². The van der Waals surface area contributed by atoms with Crippen LogP contribution in [0.25, 0.3) is 0 Å². The van der Waals surface area contributed by atoms with E-state index >= 15 is 0 Å². The summed E-state index contributed by atoms with van der Waals surface area (Å²) in [6.07, 6.45) is 1.12. The summed E-state index contributed by atoms with van der Waals surface area (Å²) >= 11 is 1.89. The van der Waals surface area contributed by atoms with Crippen LogP contribution >= 0.6 is 11.3 Å². The third-order valence-corrected chi connectivity index (χ3v) is 4.55. The molecule has 0 spiro atoms. The molecule has 2 nitrogen and oxygen atoms in total. The van der Waals surface area contributed by atoms with E-state index in [-0.39, 0.29) is 0 Å². The second kappa shape index (κ2) is 4.75. The van der Waals surface area contributed by atoms with Crippen LogP contribution in [0.3, 0.4) is 0 Å². The molecule has 0 fully saturated rings. The van der Waals surface area contributed by atoms with Crippen LogP contribution in [0.5, 0.6) is 0 Å². The minimum Gasteiger partial charge on any atom is -0.398 e. The lowest BCUT2D eigenvalue weighted by Crippen LogP contribution is -2.30. The number of fused-ring (bicyclic) bond motifs is 1. The average Bonchev–Trinajstić information content (AvgIpc) is 2.76. The van der Waals surface area contributed by atoms with Gasteiger partial charge in [-0.3, -0.25) is 4.90 Å². The van der Waals surface area contributed by atoms with E-state index in [1.165, 1.54) is 20.9 Å². The summed E-state index contributed by atoms with van der Waals surface area (Å²) < 4.78 is 0. The number of anilines is 1. The van der Waals surface area contributed by atoms with E-state index in [0.717, 1.165) is 31.7 Å². The largest absolute Gasteiger partial charge is 0.398 e. The molecule has 18 heavy (non-hydrogen) atoms. The number of thiophene rings is 1. The summed E-state index contributed by atoms with van der Waals surface area (Å²) in [6, 6.07) is 10.7. The second-order valence-corrected chi connectivity index (χ2v) is 6.33. The highest BCUT2D eigenvalue weighted by molar-refractivity contribution is 7.11. The van der Waals surface area contributed by atoms with Gasteiger partial charge < -0.3 is 5.73 Å². The van der Waals surface area contributed by atoms with Crippen molar-refractivity contribution in [3.8, 4) is 0 Å². The number of rotatable bonds is 2. The first-order chi connectivity index (χ1) is 8.72. The molecule has 2 aromatic rings. The van der Waals surface area contributed by atoms with Gasteiger partial charge >= 0.3 is 0 Å². The maximum atomic E-state index is 6.08. The average molecular weight is 258 g/mol. The van der Waals surface area contributed by atoms with Crippen LogP contribution in [-0.4, -0.2) is 11.4 Å². The maximum absolute atomic E-state index is 6.08. The molecule has 0 amide bonds. The topological polar surface area (TPSA) is 29.3 Å². The zero-order valence-electron chi connectivity index (χ0n) is 10.6. The van der Waals surface area contributed by atoms with E-state index < -0.39 is 0 Å². The Balaban J connectivity index is 1.76. The van der Waals surface area contributed by atoms with Crippen molar-refractivity contribution in [2.75, 3.05) is 12.3 Å². The summed E-state index contributed by atoms with van der Waals surface area (Å²) in [5.41, 5.74) is 9.78. The molecule has 1 aliphatic rings. The van der Waals surface area contributed by atoms with E-state index in [1.54, 1.807) is 0 Å². The molecule has 0 atom stereocenters. The number of aryl methyl sites for hydroxylation is 1. The number of nitrogens with two attached hydrogens (primary N) is 1. The summed E-state index contributed by atoms with van der Waals surface area (Å²) in [7, 11) is 0. The summed E-state index contributed by atoms with van der Waals surface area (Å²) in [5, 5.41) is 0. The van der Waals surface area contributed by atoms with Gasteiger partial charge in [-0.05, 0) is 42.7 Å². The predicted molar refractivity (Wildman–Crippen MR) is 77.7 cm³/mol. The number of hydrogen-bond acceptors (Lipinski definition) is 3. The Kier molecular flexibility index (Phi) is 3.10. The Hall–Kier alpha value is -1.32. The molecular weight excluding hydrogens is 240 g/mol. The molecule has 94 valence electrons. The van der Waals surface area contributed by atoms with E-state index in [9.17, 15) is 0 Å². The number of nitrogens with zero attached hydrogens (tertiary/aromatic N) is 1. The molecule has 0 saturated carbocycles. The second-order valence-electron chi connectivity index (χ2n) is 4.96. The van der Waals surface area contributed by atoms with Crippen molar-refractivity contribution in [2.45, 2.75) is 26.4 Å². The lowest BCUT2D eigenvalue weighted by molar-refractivity contribution is 0.248. The lowest BCUT2D eigenvalue weighted by Gasteiger charge is -2.29. The summed E-state index contributed by atoms with van der Waals surface area (Å²) in [4.78, 5) is 5.33. The van der Waals surface area contributed by atoms with Crippen molar-refractivity contribution in [1.82, 2.24) is 4.90 Å². The molecule has 0 saturated heterocycles. The molecular formula is C15H18N2S. The van der Waals surface area contributed by atoms with E-state index in [2.05, 4.69) is 36.1 Å². The monoisotopic (exact) mass is 258 g/mol. The molecule has 0 radical (unpaired) electrons. The zero-order valence-corrected chi connectivity index (χ0v) is 11.5. The first-order valence-corrected chi connectivity index (χ1v) is 7.18. The number of benzene rings is 1. The van der Waals surface area contributed by atoms with Gasteiger partial charge in [0.05, 0.1) is 0 Å². The standard InChI is InChI=1S/C15H18N2S/c1-11-5-6-13(18-11)9-17-8-7-12-3-2-4-15(16)14(12)10-17/h2-6H,7-10,16H2,1H3. The van der Waals surface area contributed by atoms with Crippen molar-refractivity contribution in [3.63, 3.8) is 0 Å². The third-order valence-electron chi connectivity index (χ3n) is 3.56.